The quantitative estimate of drug-likeness (QED) is 0.771. The van der Waals surface area contributed by atoms with Gasteiger partial charge in [-0.05, 0) is 25.1 Å². The maximum Gasteiger partial charge on any atom is 0.310 e. The second-order valence-electron chi connectivity index (χ2n) is 4.25. The van der Waals surface area contributed by atoms with E-state index in [0.29, 0.717) is 5.69 Å². The number of benzene rings is 1. The van der Waals surface area contributed by atoms with Crippen molar-refractivity contribution >= 4 is 23.3 Å². The van der Waals surface area contributed by atoms with Gasteiger partial charge in [0, 0.05) is 16.3 Å². The minimum absolute atomic E-state index is 0.125. The number of anilines is 1. The van der Waals surface area contributed by atoms with Crippen molar-refractivity contribution in [1.29, 1.82) is 0 Å². The Hall–Kier alpha value is -1.56. The van der Waals surface area contributed by atoms with Gasteiger partial charge in [-0.1, -0.05) is 11.6 Å². The largest absolute Gasteiger partial charge is 0.459 e. The molecule has 0 saturated heterocycles. The summed E-state index contributed by atoms with van der Waals surface area (Å²) < 4.78 is 32.7. The van der Waals surface area contributed by atoms with Crippen molar-refractivity contribution in [2.24, 2.45) is 10.7 Å². The number of halogens is 3. The van der Waals surface area contributed by atoms with E-state index in [1.54, 1.807) is 0 Å². The second kappa shape index (κ2) is 3.98. The molecule has 4 N–H and O–H groups in total. The summed E-state index contributed by atoms with van der Waals surface area (Å²) in [5, 5.41) is 0.157. The van der Waals surface area contributed by atoms with E-state index in [0.717, 1.165) is 0 Å². The van der Waals surface area contributed by atoms with Crippen LogP contribution in [0, 0.1) is 0 Å². The molecule has 7 heteroatoms. The van der Waals surface area contributed by atoms with Gasteiger partial charge in [-0.2, -0.15) is 8.78 Å². The first-order chi connectivity index (χ1) is 8.26. The maximum absolute atomic E-state index is 14.0. The Labute approximate surface area is 108 Å². The van der Waals surface area contributed by atoms with E-state index in [1.807, 2.05) is 0 Å². The molecule has 0 aromatic heterocycles. The minimum Gasteiger partial charge on any atom is -0.459 e. The maximum atomic E-state index is 14.0. The highest BCUT2D eigenvalue weighted by Crippen LogP contribution is 2.46. The summed E-state index contributed by atoms with van der Waals surface area (Å²) in [6.45, 7) is 0.410. The van der Waals surface area contributed by atoms with Gasteiger partial charge < -0.3 is 16.2 Å². The molecule has 2 rings (SSSR count). The summed E-state index contributed by atoms with van der Waals surface area (Å²) in [5.74, 6) is -3.23. The molecular weight excluding hydrogens is 264 g/mol. The predicted octanol–water partition coefficient (Wildman–Crippen LogP) is 2.12. The number of aliphatic imine (C=N–C) groups is 1. The van der Waals surface area contributed by atoms with Crippen molar-refractivity contribution in [3.05, 3.63) is 28.8 Å². The molecule has 0 aliphatic carbocycles. The standard InChI is InChI=1S/C11H12ClF2N3O/c1-10(7-4-6(15)2-3-8(7)12)11(13,14)5-18-9(16)17-10/h2-4H,5,15H2,1H3,(H2,16,17)/t10-/m1/s1. The lowest BCUT2D eigenvalue weighted by Crippen LogP contribution is -2.51. The normalized spacial score (nSPS) is 26.3. The lowest BCUT2D eigenvalue weighted by Gasteiger charge is -2.37. The highest BCUT2D eigenvalue weighted by Gasteiger charge is 2.56. The third kappa shape index (κ3) is 1.86. The van der Waals surface area contributed by atoms with Crippen molar-refractivity contribution in [3.8, 4) is 0 Å². The van der Waals surface area contributed by atoms with Gasteiger partial charge in [0.25, 0.3) is 6.02 Å². The second-order valence-corrected chi connectivity index (χ2v) is 4.66. The molecule has 0 fully saturated rings. The van der Waals surface area contributed by atoms with Crippen molar-refractivity contribution in [2.75, 3.05) is 12.3 Å². The zero-order valence-electron chi connectivity index (χ0n) is 9.58. The number of ether oxygens (including phenoxy) is 1. The average molecular weight is 276 g/mol. The lowest BCUT2D eigenvalue weighted by atomic mass is 9.85. The first-order valence-corrected chi connectivity index (χ1v) is 5.55. The average Bonchev–Trinajstić information content (AvgIpc) is 2.28. The zero-order chi connectivity index (χ0) is 13.6. The fourth-order valence-electron chi connectivity index (χ4n) is 1.81. The Balaban J connectivity index is 2.65. The zero-order valence-corrected chi connectivity index (χ0v) is 10.3. The van der Waals surface area contributed by atoms with Crippen molar-refractivity contribution < 1.29 is 13.5 Å². The molecule has 1 aromatic carbocycles. The molecule has 1 aliphatic heterocycles. The van der Waals surface area contributed by atoms with Gasteiger partial charge in [0.05, 0.1) is 0 Å². The molecule has 1 atom stereocenters. The van der Waals surface area contributed by atoms with Crippen LogP contribution < -0.4 is 11.5 Å². The van der Waals surface area contributed by atoms with Gasteiger partial charge in [0.15, 0.2) is 12.1 Å². The topological polar surface area (TPSA) is 73.6 Å². The van der Waals surface area contributed by atoms with Gasteiger partial charge in [-0.25, -0.2) is 4.99 Å². The number of alkyl halides is 2. The van der Waals surface area contributed by atoms with Crippen LogP contribution in [0.15, 0.2) is 23.2 Å². The van der Waals surface area contributed by atoms with Gasteiger partial charge in [0.1, 0.15) is 0 Å². The predicted molar refractivity (Wildman–Crippen MR) is 65.7 cm³/mol. The molecular formula is C11H12ClF2N3O. The fourth-order valence-corrected chi connectivity index (χ4v) is 2.11. The van der Waals surface area contributed by atoms with E-state index >= 15 is 0 Å². The van der Waals surface area contributed by atoms with Crippen LogP contribution in [0.2, 0.25) is 5.02 Å². The molecule has 1 aliphatic rings. The van der Waals surface area contributed by atoms with E-state index in [1.165, 1.54) is 25.1 Å². The number of rotatable bonds is 1. The number of nitrogen functional groups attached to an aromatic ring is 1. The molecule has 4 nitrogen and oxygen atoms in total. The summed E-state index contributed by atoms with van der Waals surface area (Å²) in [7, 11) is 0. The number of nitrogens with zero attached hydrogens (tertiary/aromatic N) is 1. The van der Waals surface area contributed by atoms with Crippen LogP contribution in [0.3, 0.4) is 0 Å². The van der Waals surface area contributed by atoms with Crippen LogP contribution in [0.4, 0.5) is 14.5 Å². The Bertz CT molecular complexity index is 521. The highest BCUT2D eigenvalue weighted by molar-refractivity contribution is 6.31. The van der Waals surface area contributed by atoms with E-state index in [2.05, 4.69) is 9.73 Å². The minimum atomic E-state index is -3.23. The summed E-state index contributed by atoms with van der Waals surface area (Å²) in [4.78, 5) is 3.72. The molecule has 98 valence electrons. The Kier molecular flexibility index (Phi) is 2.85. The SMILES string of the molecule is C[C@]1(c2cc(N)ccc2Cl)N=C(N)OCC1(F)F. The Morgan fingerprint density at radius 3 is 2.72 bits per heavy atom. The number of hydrogen-bond donors (Lipinski definition) is 2. The molecule has 0 spiro atoms. The van der Waals surface area contributed by atoms with Crippen LogP contribution in [-0.4, -0.2) is 18.6 Å². The van der Waals surface area contributed by atoms with Gasteiger partial charge in [-0.15, -0.1) is 0 Å². The smallest absolute Gasteiger partial charge is 0.310 e. The molecule has 1 heterocycles. The summed E-state index contributed by atoms with van der Waals surface area (Å²) in [6.07, 6.45) is 0. The molecule has 1 aromatic rings. The fraction of sp³-hybridized carbons (Fsp3) is 0.364. The molecule has 18 heavy (non-hydrogen) atoms. The van der Waals surface area contributed by atoms with Crippen LogP contribution in [0.1, 0.15) is 12.5 Å². The van der Waals surface area contributed by atoms with E-state index in [4.69, 9.17) is 23.1 Å². The van der Waals surface area contributed by atoms with Crippen LogP contribution >= 0.6 is 11.6 Å². The highest BCUT2D eigenvalue weighted by atomic mass is 35.5. The van der Waals surface area contributed by atoms with Crippen LogP contribution in [0.5, 0.6) is 0 Å². The van der Waals surface area contributed by atoms with Gasteiger partial charge >= 0.3 is 5.92 Å². The third-order valence-corrected chi connectivity index (χ3v) is 3.29. The van der Waals surface area contributed by atoms with E-state index < -0.39 is 18.1 Å². The first kappa shape index (κ1) is 12.9. The third-order valence-electron chi connectivity index (χ3n) is 2.96. The van der Waals surface area contributed by atoms with Crippen LogP contribution in [-0.2, 0) is 10.3 Å². The monoisotopic (exact) mass is 275 g/mol. The first-order valence-electron chi connectivity index (χ1n) is 5.18. The van der Waals surface area contributed by atoms with Crippen molar-refractivity contribution in [3.63, 3.8) is 0 Å². The Morgan fingerprint density at radius 2 is 2.06 bits per heavy atom. The number of amidine groups is 1. The van der Waals surface area contributed by atoms with Crippen molar-refractivity contribution in [1.82, 2.24) is 0 Å². The van der Waals surface area contributed by atoms with E-state index in [9.17, 15) is 8.78 Å². The Morgan fingerprint density at radius 1 is 1.39 bits per heavy atom. The van der Waals surface area contributed by atoms with Crippen molar-refractivity contribution in [2.45, 2.75) is 18.4 Å². The lowest BCUT2D eigenvalue weighted by molar-refractivity contribution is -0.116. The van der Waals surface area contributed by atoms with Gasteiger partial charge in [0.2, 0.25) is 0 Å². The molecule has 0 radical (unpaired) electrons. The van der Waals surface area contributed by atoms with Crippen LogP contribution in [0.25, 0.3) is 0 Å². The molecule has 0 amide bonds. The summed E-state index contributed by atoms with van der Waals surface area (Å²) >= 11 is 5.95. The number of hydrogen-bond acceptors (Lipinski definition) is 4. The summed E-state index contributed by atoms with van der Waals surface area (Å²) in [6, 6.07) is 4.06. The van der Waals surface area contributed by atoms with Gasteiger partial charge in [-0.3, -0.25) is 0 Å². The molecule has 0 unspecified atom stereocenters. The van der Waals surface area contributed by atoms with E-state index in [-0.39, 0.29) is 16.6 Å². The molecule has 0 saturated carbocycles. The number of nitrogens with two attached hydrogens (primary N) is 2. The molecule has 0 bridgehead atoms. The summed E-state index contributed by atoms with van der Waals surface area (Å²) in [5.41, 5.74) is 9.54.